The molecule has 2 aromatic rings. The molecule has 22 heavy (non-hydrogen) atoms. The largest absolute Gasteiger partial charge is 0.493 e. The van der Waals surface area contributed by atoms with E-state index in [2.05, 4.69) is 0 Å². The number of ether oxygens (including phenoxy) is 2. The fourth-order valence-electron chi connectivity index (χ4n) is 2.27. The smallest absolute Gasteiger partial charge is 0.303 e. The summed E-state index contributed by atoms with van der Waals surface area (Å²) < 4.78 is 11.3. The summed E-state index contributed by atoms with van der Waals surface area (Å²) in [6, 6.07) is 15.6. The van der Waals surface area contributed by atoms with Gasteiger partial charge in [0.05, 0.1) is 7.11 Å². The quantitative estimate of drug-likeness (QED) is 0.808. The van der Waals surface area contributed by atoms with E-state index in [1.54, 1.807) is 7.11 Å². The molecule has 0 aromatic heterocycles. The maximum Gasteiger partial charge on any atom is 0.303 e. The molecule has 4 heteroatoms. The SMILES string of the molecule is COc1c(CCCC(=O)O)cccc1OCc1ccccc1. The van der Waals surface area contributed by atoms with Crippen LogP contribution in [0.4, 0.5) is 0 Å². The first kappa shape index (κ1) is 15.9. The summed E-state index contributed by atoms with van der Waals surface area (Å²) in [5.41, 5.74) is 2.05. The molecular weight excluding hydrogens is 280 g/mol. The van der Waals surface area contributed by atoms with Crippen LogP contribution in [0.1, 0.15) is 24.0 Å². The van der Waals surface area contributed by atoms with Gasteiger partial charge in [0.25, 0.3) is 0 Å². The summed E-state index contributed by atoms with van der Waals surface area (Å²) in [6.07, 6.45) is 1.38. The number of para-hydroxylation sites is 1. The zero-order valence-electron chi connectivity index (χ0n) is 12.6. The molecule has 0 spiro atoms. The van der Waals surface area contributed by atoms with Crippen molar-refractivity contribution in [2.24, 2.45) is 0 Å². The molecular formula is C18H20O4. The van der Waals surface area contributed by atoms with E-state index in [0.717, 1.165) is 11.1 Å². The Kier molecular flexibility index (Phi) is 5.83. The molecule has 0 aliphatic carbocycles. The molecule has 0 unspecified atom stereocenters. The Morgan fingerprint density at radius 2 is 1.86 bits per heavy atom. The van der Waals surface area contributed by atoms with E-state index in [1.807, 2.05) is 48.5 Å². The van der Waals surface area contributed by atoms with Crippen molar-refractivity contribution in [3.05, 3.63) is 59.7 Å². The van der Waals surface area contributed by atoms with Gasteiger partial charge in [-0.3, -0.25) is 4.79 Å². The summed E-state index contributed by atoms with van der Waals surface area (Å²) in [4.78, 5) is 10.6. The number of carbonyl (C=O) groups is 1. The average Bonchev–Trinajstić information content (AvgIpc) is 2.53. The fourth-order valence-corrected chi connectivity index (χ4v) is 2.27. The summed E-state index contributed by atoms with van der Waals surface area (Å²) >= 11 is 0. The molecule has 0 aliphatic heterocycles. The van der Waals surface area contributed by atoms with Gasteiger partial charge in [0.15, 0.2) is 11.5 Å². The van der Waals surface area contributed by atoms with Crippen LogP contribution in [0.2, 0.25) is 0 Å². The van der Waals surface area contributed by atoms with Crippen molar-refractivity contribution in [3.63, 3.8) is 0 Å². The van der Waals surface area contributed by atoms with E-state index in [1.165, 1.54) is 0 Å². The van der Waals surface area contributed by atoms with E-state index in [4.69, 9.17) is 14.6 Å². The Labute approximate surface area is 130 Å². The molecule has 0 saturated heterocycles. The first-order chi connectivity index (χ1) is 10.7. The van der Waals surface area contributed by atoms with E-state index in [0.29, 0.717) is 30.9 Å². The third kappa shape index (κ3) is 4.52. The number of carboxylic acids is 1. The Morgan fingerprint density at radius 3 is 2.55 bits per heavy atom. The van der Waals surface area contributed by atoms with Crippen LogP contribution in [0.25, 0.3) is 0 Å². The number of aliphatic carboxylic acids is 1. The highest BCUT2D eigenvalue weighted by Gasteiger charge is 2.11. The first-order valence-electron chi connectivity index (χ1n) is 7.25. The number of aryl methyl sites for hydroxylation is 1. The van der Waals surface area contributed by atoms with Crippen molar-refractivity contribution < 1.29 is 19.4 Å². The number of methoxy groups -OCH3 is 1. The summed E-state index contributed by atoms with van der Waals surface area (Å²) in [5.74, 6) is 0.582. The summed E-state index contributed by atoms with van der Waals surface area (Å²) in [5, 5.41) is 8.73. The Hall–Kier alpha value is -2.49. The second-order valence-electron chi connectivity index (χ2n) is 4.97. The molecule has 0 amide bonds. The van der Waals surface area contributed by atoms with Crippen molar-refractivity contribution in [2.75, 3.05) is 7.11 Å². The van der Waals surface area contributed by atoms with E-state index >= 15 is 0 Å². The zero-order valence-corrected chi connectivity index (χ0v) is 12.6. The van der Waals surface area contributed by atoms with Gasteiger partial charge in [-0.15, -0.1) is 0 Å². The van der Waals surface area contributed by atoms with Crippen LogP contribution in [-0.4, -0.2) is 18.2 Å². The molecule has 0 fully saturated rings. The van der Waals surface area contributed by atoms with Crippen LogP contribution < -0.4 is 9.47 Å². The minimum atomic E-state index is -0.782. The normalized spacial score (nSPS) is 10.2. The lowest BCUT2D eigenvalue weighted by molar-refractivity contribution is -0.137. The second-order valence-corrected chi connectivity index (χ2v) is 4.97. The lowest BCUT2D eigenvalue weighted by Crippen LogP contribution is -2.01. The molecule has 0 bridgehead atoms. The maximum atomic E-state index is 10.6. The first-order valence-corrected chi connectivity index (χ1v) is 7.25. The maximum absolute atomic E-state index is 10.6. The van der Waals surface area contributed by atoms with Crippen molar-refractivity contribution in [1.29, 1.82) is 0 Å². The van der Waals surface area contributed by atoms with E-state index < -0.39 is 5.97 Å². The lowest BCUT2D eigenvalue weighted by atomic mass is 10.1. The monoisotopic (exact) mass is 300 g/mol. The van der Waals surface area contributed by atoms with Crippen LogP contribution in [0, 0.1) is 0 Å². The Bertz CT molecular complexity index is 608. The van der Waals surface area contributed by atoms with Gasteiger partial charge in [-0.2, -0.15) is 0 Å². The van der Waals surface area contributed by atoms with Gasteiger partial charge in [-0.1, -0.05) is 42.5 Å². The third-order valence-electron chi connectivity index (χ3n) is 3.34. The Morgan fingerprint density at radius 1 is 1.09 bits per heavy atom. The van der Waals surface area contributed by atoms with Gasteiger partial charge >= 0.3 is 5.97 Å². The highest BCUT2D eigenvalue weighted by atomic mass is 16.5. The zero-order chi connectivity index (χ0) is 15.8. The van der Waals surface area contributed by atoms with Gasteiger partial charge < -0.3 is 14.6 Å². The highest BCUT2D eigenvalue weighted by Crippen LogP contribution is 2.32. The molecule has 1 N–H and O–H groups in total. The van der Waals surface area contributed by atoms with Gasteiger partial charge in [-0.25, -0.2) is 0 Å². The summed E-state index contributed by atoms with van der Waals surface area (Å²) in [7, 11) is 1.60. The number of hydrogen-bond acceptors (Lipinski definition) is 3. The van der Waals surface area contributed by atoms with Crippen LogP contribution in [0.5, 0.6) is 11.5 Å². The molecule has 0 aliphatic rings. The molecule has 2 aromatic carbocycles. The number of rotatable bonds is 8. The van der Waals surface area contributed by atoms with Gasteiger partial charge in [0, 0.05) is 6.42 Å². The van der Waals surface area contributed by atoms with Gasteiger partial charge in [0.1, 0.15) is 6.61 Å². The molecule has 0 heterocycles. The number of hydrogen-bond donors (Lipinski definition) is 1. The minimum Gasteiger partial charge on any atom is -0.493 e. The predicted octanol–water partition coefficient (Wildman–Crippen LogP) is 3.68. The van der Waals surface area contributed by atoms with Crippen molar-refractivity contribution in [3.8, 4) is 11.5 Å². The second kappa shape index (κ2) is 8.08. The average molecular weight is 300 g/mol. The molecule has 116 valence electrons. The Balaban J connectivity index is 2.05. The minimum absolute atomic E-state index is 0.151. The molecule has 4 nitrogen and oxygen atoms in total. The molecule has 0 saturated carbocycles. The van der Waals surface area contributed by atoms with Crippen LogP contribution in [0.3, 0.4) is 0 Å². The lowest BCUT2D eigenvalue weighted by Gasteiger charge is -2.14. The number of benzene rings is 2. The van der Waals surface area contributed by atoms with Gasteiger partial charge in [-0.05, 0) is 30.0 Å². The number of carboxylic acid groups (broad SMARTS) is 1. The standard InChI is InChI=1S/C18H20O4/c1-21-18-15(10-6-12-17(19)20)9-5-11-16(18)22-13-14-7-3-2-4-8-14/h2-5,7-9,11H,6,10,12-13H2,1H3,(H,19,20). The molecule has 2 rings (SSSR count). The highest BCUT2D eigenvalue weighted by molar-refractivity contribution is 5.66. The summed E-state index contributed by atoms with van der Waals surface area (Å²) in [6.45, 7) is 0.468. The van der Waals surface area contributed by atoms with E-state index in [9.17, 15) is 4.79 Å². The van der Waals surface area contributed by atoms with E-state index in [-0.39, 0.29) is 6.42 Å². The van der Waals surface area contributed by atoms with Crippen molar-refractivity contribution in [1.82, 2.24) is 0 Å². The van der Waals surface area contributed by atoms with Gasteiger partial charge in [0.2, 0.25) is 0 Å². The van der Waals surface area contributed by atoms with Crippen LogP contribution >= 0.6 is 0 Å². The predicted molar refractivity (Wildman–Crippen MR) is 84.3 cm³/mol. The van der Waals surface area contributed by atoms with Crippen molar-refractivity contribution in [2.45, 2.75) is 25.9 Å². The molecule has 0 atom stereocenters. The van der Waals surface area contributed by atoms with Crippen LogP contribution in [0.15, 0.2) is 48.5 Å². The van der Waals surface area contributed by atoms with Crippen molar-refractivity contribution >= 4 is 5.97 Å². The third-order valence-corrected chi connectivity index (χ3v) is 3.34. The topological polar surface area (TPSA) is 55.8 Å². The fraction of sp³-hybridized carbons (Fsp3) is 0.278. The van der Waals surface area contributed by atoms with Crippen LogP contribution in [-0.2, 0) is 17.8 Å². The molecule has 0 radical (unpaired) electrons.